The molecule has 0 aromatic heterocycles. The van der Waals surface area contributed by atoms with Crippen molar-refractivity contribution in [3.63, 3.8) is 0 Å². The van der Waals surface area contributed by atoms with E-state index in [9.17, 15) is 26.7 Å². The monoisotopic (exact) mass is 395 g/mol. The molecule has 2 nitrogen and oxygen atoms in total. The van der Waals surface area contributed by atoms with E-state index in [-0.39, 0.29) is 10.2 Å². The smallest absolute Gasteiger partial charge is 0.319 e. The van der Waals surface area contributed by atoms with E-state index in [1.807, 2.05) is 0 Å². The number of hydrogen-bond donors (Lipinski definition) is 1. The van der Waals surface area contributed by atoms with E-state index >= 15 is 0 Å². The highest BCUT2D eigenvalue weighted by atomic mass is 79.9. The summed E-state index contributed by atoms with van der Waals surface area (Å²) >= 11 is 5.91. The topological polar surface area (TPSA) is 29.1 Å². The number of nitrogens with one attached hydrogen (secondary N) is 1. The summed E-state index contributed by atoms with van der Waals surface area (Å²) in [6, 6.07) is 4.08. The molecule has 0 radical (unpaired) electrons. The van der Waals surface area contributed by atoms with Crippen molar-refractivity contribution < 1.29 is 26.7 Å². The van der Waals surface area contributed by atoms with Gasteiger partial charge < -0.3 is 5.32 Å². The predicted octanol–water partition coefficient (Wildman–Crippen LogP) is 4.35. The lowest BCUT2D eigenvalue weighted by atomic mass is 10.2. The van der Waals surface area contributed by atoms with Gasteiger partial charge in [0.25, 0.3) is 0 Å². The van der Waals surface area contributed by atoms with E-state index in [1.165, 1.54) is 23.5 Å². The van der Waals surface area contributed by atoms with Crippen LogP contribution in [0.5, 0.6) is 0 Å². The highest BCUT2D eigenvalue weighted by molar-refractivity contribution is 9.11. The molecule has 0 aliphatic heterocycles. The summed E-state index contributed by atoms with van der Waals surface area (Å²) < 4.78 is 61.8. The van der Waals surface area contributed by atoms with Crippen LogP contribution in [-0.2, 0) is 4.79 Å². The molecule has 0 unspecified atom stereocenters. The summed E-state index contributed by atoms with van der Waals surface area (Å²) in [4.78, 5) is 10.9. The lowest BCUT2D eigenvalue weighted by molar-refractivity contribution is -0.267. The first-order valence-electron chi connectivity index (χ1n) is 4.27. The second-order valence-electron chi connectivity index (χ2n) is 3.15. The molecule has 0 bridgehead atoms. The number of carbonyl (C=O) groups excluding carboxylic acids is 1. The molecule has 100 valence electrons. The Hall–Kier alpha value is -0.700. The number of amides is 1. The zero-order valence-electron chi connectivity index (χ0n) is 8.29. The molecule has 1 rings (SSSR count). The molecule has 0 heterocycles. The van der Waals surface area contributed by atoms with Gasteiger partial charge in [0.2, 0.25) is 0 Å². The number of anilines is 1. The van der Waals surface area contributed by atoms with E-state index in [0.29, 0.717) is 4.47 Å². The molecule has 1 amide bonds. The molecule has 1 aromatic rings. The second kappa shape index (κ2) is 5.12. The Kier molecular flexibility index (Phi) is 4.37. The summed E-state index contributed by atoms with van der Waals surface area (Å²) in [5.41, 5.74) is -0.196. The Balaban J connectivity index is 2.98. The molecule has 1 N–H and O–H groups in total. The van der Waals surface area contributed by atoms with Crippen LogP contribution in [0.1, 0.15) is 0 Å². The van der Waals surface area contributed by atoms with Crippen LogP contribution in [0.2, 0.25) is 0 Å². The summed E-state index contributed by atoms with van der Waals surface area (Å²) in [6.45, 7) is 0. The summed E-state index contributed by atoms with van der Waals surface area (Å²) in [5.74, 6) is -7.89. The van der Waals surface area contributed by atoms with Crippen LogP contribution in [0.15, 0.2) is 27.1 Å². The van der Waals surface area contributed by atoms with Gasteiger partial charge in [0.15, 0.2) is 0 Å². The van der Waals surface area contributed by atoms with Crippen LogP contribution in [0.4, 0.5) is 27.6 Å². The molecule has 0 spiro atoms. The van der Waals surface area contributed by atoms with Gasteiger partial charge in [-0.3, -0.25) is 4.79 Å². The third-order valence-corrected chi connectivity index (χ3v) is 3.00. The average molecular weight is 397 g/mol. The van der Waals surface area contributed by atoms with E-state index < -0.39 is 18.0 Å². The maximum atomic E-state index is 12.7. The zero-order valence-corrected chi connectivity index (χ0v) is 11.5. The molecule has 0 saturated carbocycles. The highest BCUT2D eigenvalue weighted by Gasteiger charge is 2.63. The van der Waals surface area contributed by atoms with Crippen LogP contribution in [-0.4, -0.2) is 18.0 Å². The van der Waals surface area contributed by atoms with Crippen LogP contribution >= 0.6 is 31.9 Å². The quantitative estimate of drug-likeness (QED) is 0.740. The van der Waals surface area contributed by atoms with E-state index in [1.54, 1.807) is 0 Å². The van der Waals surface area contributed by atoms with Crippen molar-refractivity contribution in [1.29, 1.82) is 0 Å². The molecule has 18 heavy (non-hydrogen) atoms. The zero-order chi connectivity index (χ0) is 14.1. The van der Waals surface area contributed by atoms with Gasteiger partial charge >= 0.3 is 18.0 Å². The minimum atomic E-state index is -5.93. The van der Waals surface area contributed by atoms with Crippen molar-refractivity contribution in [2.45, 2.75) is 12.1 Å². The molecule has 9 heteroatoms. The third kappa shape index (κ3) is 3.19. The fourth-order valence-corrected chi connectivity index (χ4v) is 1.63. The van der Waals surface area contributed by atoms with Gasteiger partial charge in [0, 0.05) is 8.95 Å². The molecule has 0 fully saturated rings. The SMILES string of the molecule is O=C(Nc1cc(Br)ccc1Br)C(F)(F)C(F)(F)F. The first-order valence-corrected chi connectivity index (χ1v) is 5.85. The maximum absolute atomic E-state index is 12.7. The molecule has 0 aliphatic rings. The van der Waals surface area contributed by atoms with Gasteiger partial charge in [-0.05, 0) is 34.1 Å². The predicted molar refractivity (Wildman–Crippen MR) is 61.5 cm³/mol. The second-order valence-corrected chi connectivity index (χ2v) is 4.92. The Morgan fingerprint density at radius 1 is 1.11 bits per heavy atom. The van der Waals surface area contributed by atoms with E-state index in [2.05, 4.69) is 31.9 Å². The Labute approximate surface area is 115 Å². The Morgan fingerprint density at radius 2 is 1.67 bits per heavy atom. The Bertz CT molecular complexity index is 475. The number of carbonyl (C=O) groups is 1. The molecule has 0 saturated heterocycles. The molecule has 0 aliphatic carbocycles. The number of hydrogen-bond acceptors (Lipinski definition) is 1. The van der Waals surface area contributed by atoms with Crippen molar-refractivity contribution in [2.24, 2.45) is 0 Å². The van der Waals surface area contributed by atoms with Gasteiger partial charge in [0.05, 0.1) is 5.69 Å². The summed E-state index contributed by atoms with van der Waals surface area (Å²) in [7, 11) is 0. The van der Waals surface area contributed by atoms with Crippen molar-refractivity contribution >= 4 is 43.5 Å². The van der Waals surface area contributed by atoms with Gasteiger partial charge in [-0.2, -0.15) is 22.0 Å². The van der Waals surface area contributed by atoms with Gasteiger partial charge in [-0.25, -0.2) is 0 Å². The molecular formula is C9H4Br2F5NO. The van der Waals surface area contributed by atoms with Crippen molar-refractivity contribution in [3.05, 3.63) is 27.1 Å². The van der Waals surface area contributed by atoms with Crippen LogP contribution < -0.4 is 5.32 Å². The van der Waals surface area contributed by atoms with Gasteiger partial charge in [-0.15, -0.1) is 0 Å². The molecule has 0 atom stereocenters. The average Bonchev–Trinajstić information content (AvgIpc) is 2.21. The summed E-state index contributed by atoms with van der Waals surface area (Å²) in [6.07, 6.45) is -5.93. The minimum Gasteiger partial charge on any atom is -0.319 e. The number of benzene rings is 1. The maximum Gasteiger partial charge on any atom is 0.463 e. The molecule has 1 aromatic carbocycles. The highest BCUT2D eigenvalue weighted by Crippen LogP contribution is 2.37. The lowest BCUT2D eigenvalue weighted by Gasteiger charge is -2.19. The largest absolute Gasteiger partial charge is 0.463 e. The van der Waals surface area contributed by atoms with Crippen molar-refractivity contribution in [1.82, 2.24) is 0 Å². The van der Waals surface area contributed by atoms with Crippen molar-refractivity contribution in [3.8, 4) is 0 Å². The fraction of sp³-hybridized carbons (Fsp3) is 0.222. The van der Waals surface area contributed by atoms with Gasteiger partial charge in [0.1, 0.15) is 0 Å². The molecular weight excluding hydrogens is 393 g/mol. The van der Waals surface area contributed by atoms with E-state index in [4.69, 9.17) is 0 Å². The fourth-order valence-electron chi connectivity index (χ4n) is 0.923. The normalized spacial score (nSPS) is 12.4. The number of alkyl halides is 5. The first kappa shape index (κ1) is 15.4. The van der Waals surface area contributed by atoms with Crippen molar-refractivity contribution in [2.75, 3.05) is 5.32 Å². The minimum absolute atomic E-state index is 0.178. The number of halogens is 7. The van der Waals surface area contributed by atoms with Crippen LogP contribution in [0.3, 0.4) is 0 Å². The Morgan fingerprint density at radius 3 is 2.17 bits per heavy atom. The van der Waals surface area contributed by atoms with Crippen LogP contribution in [0.25, 0.3) is 0 Å². The standard InChI is InChI=1S/C9H4Br2F5NO/c10-4-1-2-5(11)6(3-4)17-7(18)8(12,13)9(14,15)16/h1-3H,(H,17,18). The van der Waals surface area contributed by atoms with Crippen LogP contribution in [0, 0.1) is 0 Å². The lowest BCUT2D eigenvalue weighted by Crippen LogP contribution is -2.47. The first-order chi connectivity index (χ1) is 8.05. The van der Waals surface area contributed by atoms with Gasteiger partial charge in [-0.1, -0.05) is 15.9 Å². The number of rotatable bonds is 2. The third-order valence-electron chi connectivity index (χ3n) is 1.82. The van der Waals surface area contributed by atoms with E-state index in [0.717, 1.165) is 0 Å². The summed E-state index contributed by atoms with van der Waals surface area (Å²) in [5, 5.41) is 1.51.